The first kappa shape index (κ1) is 21.3. The van der Waals surface area contributed by atoms with E-state index in [2.05, 4.69) is 9.97 Å². The average Bonchev–Trinajstić information content (AvgIpc) is 2.78. The molecule has 0 unspecified atom stereocenters. The average molecular weight is 449 g/mol. The molecule has 0 amide bonds. The number of aromatic nitrogens is 2. The third-order valence-corrected chi connectivity index (χ3v) is 6.96. The van der Waals surface area contributed by atoms with Gasteiger partial charge in [0.1, 0.15) is 5.75 Å². The normalized spacial score (nSPS) is 14.8. The van der Waals surface area contributed by atoms with Crippen LogP contribution < -0.4 is 4.74 Å². The van der Waals surface area contributed by atoms with E-state index in [0.29, 0.717) is 22.8 Å². The minimum absolute atomic E-state index is 0.0284. The molecule has 1 aliphatic heterocycles. The van der Waals surface area contributed by atoms with Gasteiger partial charge in [0.25, 0.3) is 0 Å². The molecule has 4 rings (SSSR count). The lowest BCUT2D eigenvalue weighted by molar-refractivity contribution is -0.139. The molecule has 0 aliphatic carbocycles. The van der Waals surface area contributed by atoms with Crippen LogP contribution in [-0.4, -0.2) is 36.3 Å². The standard InChI is InChI=1S/C21H18F3N3O3S/c1-30-16-8-6-14(7-9-16)20-25-12-15-13-27(11-10-18(15)26-20)31(28,29)19-5-3-2-4-17(19)21(22,23)24/h2-9,12H,10-11,13H2,1H3. The fourth-order valence-electron chi connectivity index (χ4n) is 3.44. The highest BCUT2D eigenvalue weighted by atomic mass is 32.2. The zero-order valence-corrected chi connectivity index (χ0v) is 17.2. The zero-order chi connectivity index (χ0) is 22.2. The molecular formula is C21H18F3N3O3S. The van der Waals surface area contributed by atoms with Gasteiger partial charge in [-0.3, -0.25) is 0 Å². The number of benzene rings is 2. The second-order valence-corrected chi connectivity index (χ2v) is 8.88. The van der Waals surface area contributed by atoms with Crippen LogP contribution in [0.3, 0.4) is 0 Å². The lowest BCUT2D eigenvalue weighted by Crippen LogP contribution is -2.37. The highest BCUT2D eigenvalue weighted by Crippen LogP contribution is 2.36. The topological polar surface area (TPSA) is 72.4 Å². The van der Waals surface area contributed by atoms with Gasteiger partial charge in [-0.25, -0.2) is 18.4 Å². The summed E-state index contributed by atoms with van der Waals surface area (Å²) in [6.07, 6.45) is -2.97. The summed E-state index contributed by atoms with van der Waals surface area (Å²) in [5, 5.41) is 0. The SMILES string of the molecule is COc1ccc(-c2ncc3c(n2)CCN(S(=O)(=O)c2ccccc2C(F)(F)F)C3)cc1. The van der Waals surface area contributed by atoms with Crippen LogP contribution in [0.5, 0.6) is 5.75 Å². The van der Waals surface area contributed by atoms with Crippen LogP contribution in [0, 0.1) is 0 Å². The van der Waals surface area contributed by atoms with Crippen molar-refractivity contribution in [3.05, 3.63) is 71.5 Å². The van der Waals surface area contributed by atoms with Gasteiger partial charge >= 0.3 is 6.18 Å². The fourth-order valence-corrected chi connectivity index (χ4v) is 5.07. The van der Waals surface area contributed by atoms with Gasteiger partial charge < -0.3 is 4.74 Å². The van der Waals surface area contributed by atoms with Crippen LogP contribution in [0.25, 0.3) is 11.4 Å². The van der Waals surface area contributed by atoms with E-state index < -0.39 is 26.7 Å². The summed E-state index contributed by atoms with van der Waals surface area (Å²) < 4.78 is 72.1. The highest BCUT2D eigenvalue weighted by molar-refractivity contribution is 7.89. The zero-order valence-electron chi connectivity index (χ0n) is 16.4. The molecule has 10 heteroatoms. The number of ether oxygens (including phenoxy) is 1. The largest absolute Gasteiger partial charge is 0.497 e. The number of sulfonamides is 1. The molecule has 0 atom stereocenters. The predicted octanol–water partition coefficient (Wildman–Crippen LogP) is 3.92. The molecule has 3 aromatic rings. The van der Waals surface area contributed by atoms with Gasteiger partial charge in [-0.2, -0.15) is 17.5 Å². The van der Waals surface area contributed by atoms with E-state index in [1.165, 1.54) is 18.3 Å². The lowest BCUT2D eigenvalue weighted by Gasteiger charge is -2.28. The van der Waals surface area contributed by atoms with Crippen molar-refractivity contribution in [3.63, 3.8) is 0 Å². The van der Waals surface area contributed by atoms with Crippen LogP contribution in [0.2, 0.25) is 0 Å². The number of hydrogen-bond acceptors (Lipinski definition) is 5. The highest BCUT2D eigenvalue weighted by Gasteiger charge is 2.39. The Bertz CT molecular complexity index is 1210. The van der Waals surface area contributed by atoms with Crippen LogP contribution in [0.1, 0.15) is 16.8 Å². The molecule has 2 heterocycles. The number of nitrogens with zero attached hydrogens (tertiary/aromatic N) is 3. The minimum Gasteiger partial charge on any atom is -0.497 e. The Morgan fingerprint density at radius 2 is 1.77 bits per heavy atom. The molecule has 0 radical (unpaired) electrons. The maximum atomic E-state index is 13.3. The van der Waals surface area contributed by atoms with Crippen LogP contribution in [0.15, 0.2) is 59.6 Å². The fraction of sp³-hybridized carbons (Fsp3) is 0.238. The summed E-state index contributed by atoms with van der Waals surface area (Å²) in [5.74, 6) is 1.18. The van der Waals surface area contributed by atoms with Crippen molar-refractivity contribution in [2.75, 3.05) is 13.7 Å². The Labute approximate surface area is 177 Å². The van der Waals surface area contributed by atoms with Crippen molar-refractivity contribution in [1.82, 2.24) is 14.3 Å². The second-order valence-electron chi connectivity index (χ2n) is 6.98. The van der Waals surface area contributed by atoms with Gasteiger partial charge in [-0.1, -0.05) is 12.1 Å². The van der Waals surface area contributed by atoms with Gasteiger partial charge in [-0.05, 0) is 36.4 Å². The summed E-state index contributed by atoms with van der Waals surface area (Å²) in [7, 11) is -2.78. The monoisotopic (exact) mass is 449 g/mol. The molecule has 0 saturated heterocycles. The lowest BCUT2D eigenvalue weighted by atomic mass is 10.1. The van der Waals surface area contributed by atoms with Crippen LogP contribution in [-0.2, 0) is 29.2 Å². The summed E-state index contributed by atoms with van der Waals surface area (Å²) in [6, 6.07) is 11.4. The number of halogens is 3. The quantitative estimate of drug-likeness (QED) is 0.604. The molecule has 162 valence electrons. The maximum absolute atomic E-state index is 13.3. The van der Waals surface area contributed by atoms with Crippen molar-refractivity contribution in [3.8, 4) is 17.1 Å². The van der Waals surface area contributed by atoms with E-state index in [-0.39, 0.29) is 19.5 Å². The first-order chi connectivity index (χ1) is 14.7. The first-order valence-corrected chi connectivity index (χ1v) is 10.8. The summed E-state index contributed by atoms with van der Waals surface area (Å²) in [6.45, 7) is -0.0622. The van der Waals surface area contributed by atoms with Gasteiger partial charge in [0.05, 0.1) is 23.3 Å². The summed E-state index contributed by atoms with van der Waals surface area (Å²) >= 11 is 0. The first-order valence-electron chi connectivity index (χ1n) is 9.36. The number of fused-ring (bicyclic) bond motifs is 1. The Morgan fingerprint density at radius 1 is 1.06 bits per heavy atom. The molecule has 1 aliphatic rings. The summed E-state index contributed by atoms with van der Waals surface area (Å²) in [5.41, 5.74) is 0.845. The van der Waals surface area contributed by atoms with Crippen LogP contribution in [0.4, 0.5) is 13.2 Å². The molecule has 6 nitrogen and oxygen atoms in total. The molecule has 0 saturated carbocycles. The van der Waals surface area contributed by atoms with Crippen molar-refractivity contribution >= 4 is 10.0 Å². The van der Waals surface area contributed by atoms with Gasteiger partial charge in [0.2, 0.25) is 10.0 Å². The Morgan fingerprint density at radius 3 is 2.45 bits per heavy atom. The number of hydrogen-bond donors (Lipinski definition) is 0. The molecule has 0 spiro atoms. The third-order valence-electron chi connectivity index (χ3n) is 5.06. The van der Waals surface area contributed by atoms with E-state index in [4.69, 9.17) is 4.74 Å². The predicted molar refractivity (Wildman–Crippen MR) is 107 cm³/mol. The van der Waals surface area contributed by atoms with Gasteiger partial charge in [-0.15, -0.1) is 0 Å². The van der Waals surface area contributed by atoms with E-state index in [1.807, 2.05) is 12.1 Å². The smallest absolute Gasteiger partial charge is 0.417 e. The maximum Gasteiger partial charge on any atom is 0.417 e. The second kappa shape index (κ2) is 7.93. The number of alkyl halides is 3. The van der Waals surface area contributed by atoms with E-state index >= 15 is 0 Å². The molecular weight excluding hydrogens is 431 g/mol. The van der Waals surface area contributed by atoms with E-state index in [9.17, 15) is 21.6 Å². The third kappa shape index (κ3) is 4.13. The van der Waals surface area contributed by atoms with Gasteiger partial charge in [0, 0.05) is 36.8 Å². The van der Waals surface area contributed by atoms with Crippen molar-refractivity contribution in [2.45, 2.75) is 24.0 Å². The Balaban J connectivity index is 1.62. The van der Waals surface area contributed by atoms with Gasteiger partial charge in [0.15, 0.2) is 5.82 Å². The van der Waals surface area contributed by atoms with Crippen LogP contribution >= 0.6 is 0 Å². The molecule has 0 bridgehead atoms. The molecule has 1 aromatic heterocycles. The minimum atomic E-state index is -4.77. The summed E-state index contributed by atoms with van der Waals surface area (Å²) in [4.78, 5) is 8.09. The molecule has 0 fully saturated rings. The molecule has 31 heavy (non-hydrogen) atoms. The Hall–Kier alpha value is -2.98. The molecule has 2 aromatic carbocycles. The number of methoxy groups -OCH3 is 1. The van der Waals surface area contributed by atoms with Crippen molar-refractivity contribution in [2.24, 2.45) is 0 Å². The number of rotatable bonds is 4. The van der Waals surface area contributed by atoms with E-state index in [0.717, 1.165) is 22.0 Å². The van der Waals surface area contributed by atoms with Crippen molar-refractivity contribution in [1.29, 1.82) is 0 Å². The van der Waals surface area contributed by atoms with E-state index in [1.54, 1.807) is 19.2 Å². The van der Waals surface area contributed by atoms with Crippen molar-refractivity contribution < 1.29 is 26.3 Å². The Kier molecular flexibility index (Phi) is 5.44. The molecule has 0 N–H and O–H groups in total.